The summed E-state index contributed by atoms with van der Waals surface area (Å²) in [5.41, 5.74) is 0.899. The van der Waals surface area contributed by atoms with E-state index in [2.05, 4.69) is 9.97 Å². The van der Waals surface area contributed by atoms with Crippen LogP contribution in [0.4, 0.5) is 0 Å². The molecule has 0 atom stereocenters. The van der Waals surface area contributed by atoms with Gasteiger partial charge in [-0.3, -0.25) is 0 Å². The fourth-order valence-corrected chi connectivity index (χ4v) is 1.26. The molecule has 3 nitrogen and oxygen atoms in total. The van der Waals surface area contributed by atoms with Crippen molar-refractivity contribution in [1.29, 1.82) is 0 Å². The molecule has 0 aliphatic rings. The van der Waals surface area contributed by atoms with Gasteiger partial charge in [-0.05, 0) is 26.0 Å². The summed E-state index contributed by atoms with van der Waals surface area (Å²) in [5.74, 6) is 0.821. The van der Waals surface area contributed by atoms with Crippen molar-refractivity contribution in [3.05, 3.63) is 24.5 Å². The van der Waals surface area contributed by atoms with Crippen molar-refractivity contribution in [2.24, 2.45) is 0 Å². The quantitative estimate of drug-likeness (QED) is 0.762. The molecule has 0 unspecified atom stereocenters. The molecule has 0 aliphatic heterocycles. The largest absolute Gasteiger partial charge is 0.489 e. The Morgan fingerprint density at radius 2 is 2.31 bits per heavy atom. The maximum atomic E-state index is 5.52. The van der Waals surface area contributed by atoms with Crippen LogP contribution in [0.15, 0.2) is 24.5 Å². The van der Waals surface area contributed by atoms with Gasteiger partial charge in [0.15, 0.2) is 0 Å². The predicted octanol–water partition coefficient (Wildman–Crippen LogP) is 2.35. The zero-order valence-corrected chi connectivity index (χ0v) is 7.74. The molecule has 0 amide bonds. The Morgan fingerprint density at radius 1 is 1.46 bits per heavy atom. The van der Waals surface area contributed by atoms with Gasteiger partial charge in [0, 0.05) is 11.6 Å². The van der Waals surface area contributed by atoms with Gasteiger partial charge < -0.3 is 9.72 Å². The van der Waals surface area contributed by atoms with Crippen LogP contribution in [-0.4, -0.2) is 16.1 Å². The van der Waals surface area contributed by atoms with Crippen molar-refractivity contribution < 1.29 is 4.74 Å². The maximum Gasteiger partial charge on any atom is 0.138 e. The summed E-state index contributed by atoms with van der Waals surface area (Å²) in [7, 11) is 0. The summed E-state index contributed by atoms with van der Waals surface area (Å²) in [5, 5.41) is 1.08. The molecule has 2 aromatic heterocycles. The first-order chi connectivity index (χ1) is 6.25. The summed E-state index contributed by atoms with van der Waals surface area (Å²) in [4.78, 5) is 7.25. The van der Waals surface area contributed by atoms with Gasteiger partial charge in [-0.2, -0.15) is 0 Å². The number of hydrogen-bond acceptors (Lipinski definition) is 2. The lowest BCUT2D eigenvalue weighted by atomic mass is 10.3. The van der Waals surface area contributed by atoms with E-state index in [1.807, 2.05) is 32.2 Å². The average Bonchev–Trinajstić information content (AvgIpc) is 2.49. The van der Waals surface area contributed by atoms with Crippen molar-refractivity contribution in [3.63, 3.8) is 0 Å². The maximum absolute atomic E-state index is 5.52. The van der Waals surface area contributed by atoms with Gasteiger partial charge in [-0.1, -0.05) is 0 Å². The molecule has 0 bridgehead atoms. The Morgan fingerprint density at radius 3 is 3.08 bits per heavy atom. The van der Waals surface area contributed by atoms with Gasteiger partial charge in [0.05, 0.1) is 12.3 Å². The Kier molecular flexibility index (Phi) is 1.93. The average molecular weight is 176 g/mol. The van der Waals surface area contributed by atoms with Crippen molar-refractivity contribution in [2.75, 3.05) is 0 Å². The first-order valence-corrected chi connectivity index (χ1v) is 4.35. The van der Waals surface area contributed by atoms with Gasteiger partial charge in [-0.25, -0.2) is 4.98 Å². The molecule has 0 aliphatic carbocycles. The van der Waals surface area contributed by atoms with Crippen LogP contribution in [0.1, 0.15) is 13.8 Å². The zero-order valence-electron chi connectivity index (χ0n) is 7.74. The molecule has 0 saturated carbocycles. The molecule has 0 radical (unpaired) electrons. The highest BCUT2D eigenvalue weighted by Gasteiger charge is 2.00. The highest BCUT2D eigenvalue weighted by atomic mass is 16.5. The zero-order chi connectivity index (χ0) is 9.26. The topological polar surface area (TPSA) is 37.9 Å². The second-order valence-corrected chi connectivity index (χ2v) is 3.25. The molecule has 1 N–H and O–H groups in total. The first-order valence-electron chi connectivity index (χ1n) is 4.35. The Balaban J connectivity index is 2.37. The highest BCUT2D eigenvalue weighted by Crippen LogP contribution is 2.17. The molecule has 13 heavy (non-hydrogen) atoms. The van der Waals surface area contributed by atoms with Gasteiger partial charge in [0.1, 0.15) is 11.4 Å². The molecule has 0 spiro atoms. The molecule has 2 heterocycles. The number of fused-ring (bicyclic) bond motifs is 1. The molecule has 3 heteroatoms. The van der Waals surface area contributed by atoms with E-state index in [1.54, 1.807) is 6.20 Å². The number of H-pyrrole nitrogens is 1. The molecule has 0 aromatic carbocycles. The third kappa shape index (κ3) is 1.64. The van der Waals surface area contributed by atoms with E-state index in [1.165, 1.54) is 0 Å². The van der Waals surface area contributed by atoms with E-state index in [-0.39, 0.29) is 6.10 Å². The molecule has 2 aromatic rings. The molecular formula is C10H12N2O. The van der Waals surface area contributed by atoms with Crippen molar-refractivity contribution in [1.82, 2.24) is 9.97 Å². The molecule has 0 fully saturated rings. The van der Waals surface area contributed by atoms with Gasteiger partial charge in [-0.15, -0.1) is 0 Å². The fourth-order valence-electron chi connectivity index (χ4n) is 1.26. The van der Waals surface area contributed by atoms with E-state index >= 15 is 0 Å². The second kappa shape index (κ2) is 3.09. The summed E-state index contributed by atoms with van der Waals surface area (Å²) in [6.07, 6.45) is 3.80. The van der Waals surface area contributed by atoms with Gasteiger partial charge >= 0.3 is 0 Å². The summed E-state index contributed by atoms with van der Waals surface area (Å²) < 4.78 is 5.52. The number of aromatic nitrogens is 2. The second-order valence-electron chi connectivity index (χ2n) is 3.25. The van der Waals surface area contributed by atoms with E-state index in [9.17, 15) is 0 Å². The van der Waals surface area contributed by atoms with Crippen LogP contribution in [0.3, 0.4) is 0 Å². The number of ether oxygens (including phenoxy) is 1. The minimum atomic E-state index is 0.193. The highest BCUT2D eigenvalue weighted by molar-refractivity contribution is 5.76. The molecular weight excluding hydrogens is 164 g/mol. The summed E-state index contributed by atoms with van der Waals surface area (Å²) in [6.45, 7) is 4.00. The molecule has 0 saturated heterocycles. The van der Waals surface area contributed by atoms with Crippen LogP contribution >= 0.6 is 0 Å². The third-order valence-corrected chi connectivity index (χ3v) is 1.75. The molecule has 2 rings (SSSR count). The van der Waals surface area contributed by atoms with Crippen LogP contribution in [0.25, 0.3) is 11.0 Å². The van der Waals surface area contributed by atoms with E-state index in [4.69, 9.17) is 4.74 Å². The Bertz CT molecular complexity index is 406. The normalized spacial score (nSPS) is 11.0. The minimum Gasteiger partial charge on any atom is -0.489 e. The standard InChI is InChI=1S/C10H12N2O/c1-7(2)13-9-5-8-3-4-11-10(8)12-6-9/h3-7H,1-2H3,(H,11,12). The van der Waals surface area contributed by atoms with Gasteiger partial charge in [0.25, 0.3) is 0 Å². The fraction of sp³-hybridized carbons (Fsp3) is 0.300. The predicted molar refractivity (Wildman–Crippen MR) is 51.9 cm³/mol. The minimum absolute atomic E-state index is 0.193. The monoisotopic (exact) mass is 176 g/mol. The van der Waals surface area contributed by atoms with Crippen LogP contribution in [0.2, 0.25) is 0 Å². The smallest absolute Gasteiger partial charge is 0.138 e. The number of nitrogens with one attached hydrogen (secondary N) is 1. The van der Waals surface area contributed by atoms with Crippen LogP contribution in [0.5, 0.6) is 5.75 Å². The lowest BCUT2D eigenvalue weighted by molar-refractivity contribution is 0.242. The van der Waals surface area contributed by atoms with Crippen LogP contribution < -0.4 is 4.74 Å². The Hall–Kier alpha value is -1.51. The van der Waals surface area contributed by atoms with Crippen LogP contribution in [-0.2, 0) is 0 Å². The summed E-state index contributed by atoms with van der Waals surface area (Å²) in [6, 6.07) is 3.97. The lowest BCUT2D eigenvalue weighted by Crippen LogP contribution is -2.05. The first kappa shape index (κ1) is 8.10. The molecule has 68 valence electrons. The SMILES string of the molecule is CC(C)Oc1cnc2[nH]ccc2c1. The van der Waals surface area contributed by atoms with Crippen molar-refractivity contribution >= 4 is 11.0 Å². The summed E-state index contributed by atoms with van der Waals surface area (Å²) >= 11 is 0. The number of nitrogens with zero attached hydrogens (tertiary/aromatic N) is 1. The number of aromatic amines is 1. The number of pyridine rings is 1. The lowest BCUT2D eigenvalue weighted by Gasteiger charge is -2.08. The van der Waals surface area contributed by atoms with E-state index < -0.39 is 0 Å². The third-order valence-electron chi connectivity index (χ3n) is 1.75. The van der Waals surface area contributed by atoms with E-state index in [0.29, 0.717) is 0 Å². The van der Waals surface area contributed by atoms with E-state index in [0.717, 1.165) is 16.8 Å². The Labute approximate surface area is 76.8 Å². The van der Waals surface area contributed by atoms with Crippen LogP contribution in [0, 0.1) is 0 Å². The number of hydrogen-bond donors (Lipinski definition) is 1. The van der Waals surface area contributed by atoms with Crippen molar-refractivity contribution in [2.45, 2.75) is 20.0 Å². The van der Waals surface area contributed by atoms with Gasteiger partial charge in [0.2, 0.25) is 0 Å². The number of rotatable bonds is 2. The van der Waals surface area contributed by atoms with Crippen molar-refractivity contribution in [3.8, 4) is 5.75 Å².